The van der Waals surface area contributed by atoms with Gasteiger partial charge in [-0.3, -0.25) is 4.79 Å². The zero-order chi connectivity index (χ0) is 12.4. The smallest absolute Gasteiger partial charge is 0.205 e. The van der Waals surface area contributed by atoms with Crippen molar-refractivity contribution in [3.8, 4) is 0 Å². The van der Waals surface area contributed by atoms with Gasteiger partial charge in [0.05, 0.1) is 6.20 Å². The first-order chi connectivity index (χ1) is 8.09. The molecule has 0 aliphatic heterocycles. The summed E-state index contributed by atoms with van der Waals surface area (Å²) in [6.07, 6.45) is 8.64. The summed E-state index contributed by atoms with van der Waals surface area (Å²) in [5, 5.41) is 0. The molecule has 0 bridgehead atoms. The minimum absolute atomic E-state index is 0.0335. The Kier molecular flexibility index (Phi) is 3.31. The van der Waals surface area contributed by atoms with Crippen LogP contribution in [0.2, 0.25) is 0 Å². The van der Waals surface area contributed by atoms with Gasteiger partial charge in [-0.25, -0.2) is 4.98 Å². The summed E-state index contributed by atoms with van der Waals surface area (Å²) in [5.74, 6) is 0.975. The fourth-order valence-electron chi connectivity index (χ4n) is 2.04. The number of rotatable bonds is 4. The Morgan fingerprint density at radius 2 is 2.24 bits per heavy atom. The third-order valence-corrected chi connectivity index (χ3v) is 3.20. The van der Waals surface area contributed by atoms with Gasteiger partial charge >= 0.3 is 0 Å². The third kappa shape index (κ3) is 2.40. The molecule has 4 heteroatoms. The predicted molar refractivity (Wildman–Crippen MR) is 67.0 cm³/mol. The zero-order valence-corrected chi connectivity index (χ0v) is 10.7. The molecule has 17 heavy (non-hydrogen) atoms. The maximum atomic E-state index is 12.1. The van der Waals surface area contributed by atoms with Crippen molar-refractivity contribution < 1.29 is 4.79 Å². The molecule has 0 aromatic carbocycles. The summed E-state index contributed by atoms with van der Waals surface area (Å²) in [6, 6.07) is 0.476. The molecular formula is C13H19N3O. The Bertz CT molecular complexity index is 442. The third-order valence-electron chi connectivity index (χ3n) is 3.20. The molecule has 0 amide bonds. The lowest BCUT2D eigenvalue weighted by Crippen LogP contribution is -2.21. The van der Waals surface area contributed by atoms with Gasteiger partial charge in [-0.2, -0.15) is 0 Å². The van der Waals surface area contributed by atoms with Crippen LogP contribution in [0, 0.1) is 6.92 Å². The number of nitrogens with zero attached hydrogens (tertiary/aromatic N) is 3. The minimum Gasteiger partial charge on any atom is -0.383 e. The van der Waals surface area contributed by atoms with Gasteiger partial charge in [0.1, 0.15) is 11.5 Å². The quantitative estimate of drug-likeness (QED) is 0.591. The molecule has 1 aliphatic rings. The molecule has 0 N–H and O–H groups in total. The van der Waals surface area contributed by atoms with E-state index in [1.54, 1.807) is 18.5 Å². The van der Waals surface area contributed by atoms with Crippen LogP contribution in [0.3, 0.4) is 0 Å². The van der Waals surface area contributed by atoms with E-state index in [-0.39, 0.29) is 5.78 Å². The highest BCUT2D eigenvalue weighted by Gasteiger charge is 2.25. The lowest BCUT2D eigenvalue weighted by Gasteiger charge is -2.29. The van der Waals surface area contributed by atoms with Gasteiger partial charge in [0, 0.05) is 32.4 Å². The molecule has 0 radical (unpaired) electrons. The highest BCUT2D eigenvalue weighted by atomic mass is 16.1. The summed E-state index contributed by atoms with van der Waals surface area (Å²) in [5.41, 5.74) is 0.713. The average Bonchev–Trinajstić information content (AvgIpc) is 2.55. The first-order valence-electron chi connectivity index (χ1n) is 6.02. The van der Waals surface area contributed by atoms with Crippen molar-refractivity contribution >= 4 is 5.78 Å². The standard InChI is InChI=1S/C13H19N3O/c1-10-14-9-12(13(17)7-8-15(2)3)16(10)11-5-4-6-11/h7-9,11H,4-6H2,1-3H3/b8-7+. The molecule has 2 rings (SSSR count). The van der Waals surface area contributed by atoms with Gasteiger partial charge in [-0.15, -0.1) is 0 Å². The molecule has 1 aromatic rings. The Labute approximate surface area is 102 Å². The van der Waals surface area contributed by atoms with Crippen molar-refractivity contribution in [2.45, 2.75) is 32.2 Å². The van der Waals surface area contributed by atoms with Gasteiger partial charge in [0.2, 0.25) is 5.78 Å². The maximum absolute atomic E-state index is 12.1. The van der Waals surface area contributed by atoms with E-state index >= 15 is 0 Å². The number of carbonyl (C=O) groups is 1. The molecule has 1 fully saturated rings. The van der Waals surface area contributed by atoms with Crippen molar-refractivity contribution in [1.29, 1.82) is 0 Å². The first-order valence-corrected chi connectivity index (χ1v) is 6.02. The van der Waals surface area contributed by atoms with E-state index in [0.717, 1.165) is 18.7 Å². The molecular weight excluding hydrogens is 214 g/mol. The Hall–Kier alpha value is -1.58. The monoisotopic (exact) mass is 233 g/mol. The summed E-state index contributed by atoms with van der Waals surface area (Å²) in [6.45, 7) is 1.96. The van der Waals surface area contributed by atoms with Crippen molar-refractivity contribution in [2.75, 3.05) is 14.1 Å². The highest BCUT2D eigenvalue weighted by Crippen LogP contribution is 2.33. The van der Waals surface area contributed by atoms with Crippen LogP contribution in [0.5, 0.6) is 0 Å². The Balaban J connectivity index is 2.23. The van der Waals surface area contributed by atoms with Crippen LogP contribution in [-0.2, 0) is 0 Å². The molecule has 0 atom stereocenters. The van der Waals surface area contributed by atoms with Crippen LogP contribution in [0.1, 0.15) is 41.6 Å². The molecule has 0 saturated heterocycles. The van der Waals surface area contributed by atoms with Crippen molar-refractivity contribution in [2.24, 2.45) is 0 Å². The second-order valence-electron chi connectivity index (χ2n) is 4.79. The van der Waals surface area contributed by atoms with Crippen molar-refractivity contribution in [1.82, 2.24) is 14.5 Å². The number of hydrogen-bond donors (Lipinski definition) is 0. The van der Waals surface area contributed by atoms with Crippen LogP contribution in [0.4, 0.5) is 0 Å². The van der Waals surface area contributed by atoms with Crippen molar-refractivity contribution in [3.63, 3.8) is 0 Å². The minimum atomic E-state index is 0.0335. The highest BCUT2D eigenvalue weighted by molar-refractivity contribution is 6.03. The number of imidazole rings is 1. The van der Waals surface area contributed by atoms with Gasteiger partial charge in [-0.05, 0) is 26.2 Å². The lowest BCUT2D eigenvalue weighted by molar-refractivity contribution is 0.103. The van der Waals surface area contributed by atoms with E-state index in [1.165, 1.54) is 6.42 Å². The van der Waals surface area contributed by atoms with Crippen LogP contribution in [0.15, 0.2) is 18.5 Å². The van der Waals surface area contributed by atoms with E-state index in [1.807, 2.05) is 25.9 Å². The van der Waals surface area contributed by atoms with Gasteiger partial charge < -0.3 is 9.47 Å². The van der Waals surface area contributed by atoms with Crippen LogP contribution in [-0.4, -0.2) is 34.3 Å². The molecule has 1 aliphatic carbocycles. The number of hydrogen-bond acceptors (Lipinski definition) is 3. The van der Waals surface area contributed by atoms with Crippen molar-refractivity contribution in [3.05, 3.63) is 30.0 Å². The summed E-state index contributed by atoms with van der Waals surface area (Å²) in [4.78, 5) is 18.2. The average molecular weight is 233 g/mol. The van der Waals surface area contributed by atoms with Gasteiger partial charge in [0.15, 0.2) is 0 Å². The van der Waals surface area contributed by atoms with E-state index in [9.17, 15) is 4.79 Å². The molecule has 1 saturated carbocycles. The van der Waals surface area contributed by atoms with Gasteiger partial charge in [-0.1, -0.05) is 0 Å². The number of aryl methyl sites for hydroxylation is 1. The second kappa shape index (κ2) is 4.73. The van der Waals surface area contributed by atoms with Gasteiger partial charge in [0.25, 0.3) is 0 Å². The van der Waals surface area contributed by atoms with E-state index in [4.69, 9.17) is 0 Å². The lowest BCUT2D eigenvalue weighted by atomic mass is 9.92. The fourth-order valence-corrected chi connectivity index (χ4v) is 2.04. The SMILES string of the molecule is Cc1ncc(C(=O)/C=C/N(C)C)n1C1CCC1. The number of ketones is 1. The molecule has 4 nitrogen and oxygen atoms in total. The molecule has 1 heterocycles. The largest absolute Gasteiger partial charge is 0.383 e. The fraction of sp³-hybridized carbons (Fsp3) is 0.538. The number of allylic oxidation sites excluding steroid dienone is 1. The number of carbonyl (C=O) groups excluding carboxylic acids is 1. The first kappa shape index (κ1) is 11.9. The Morgan fingerprint density at radius 3 is 2.76 bits per heavy atom. The van der Waals surface area contributed by atoms with E-state index in [2.05, 4.69) is 9.55 Å². The summed E-state index contributed by atoms with van der Waals surface area (Å²) < 4.78 is 2.09. The predicted octanol–water partition coefficient (Wildman–Crippen LogP) is 2.17. The number of aromatic nitrogens is 2. The topological polar surface area (TPSA) is 38.1 Å². The van der Waals surface area contributed by atoms with Crippen LogP contribution < -0.4 is 0 Å². The van der Waals surface area contributed by atoms with E-state index < -0.39 is 0 Å². The van der Waals surface area contributed by atoms with Crippen LogP contribution in [0.25, 0.3) is 0 Å². The Morgan fingerprint density at radius 1 is 1.53 bits per heavy atom. The maximum Gasteiger partial charge on any atom is 0.205 e. The summed E-state index contributed by atoms with van der Waals surface area (Å²) in [7, 11) is 3.80. The molecule has 1 aromatic heterocycles. The molecule has 0 unspecified atom stereocenters. The molecule has 0 spiro atoms. The second-order valence-corrected chi connectivity index (χ2v) is 4.79. The van der Waals surface area contributed by atoms with E-state index in [0.29, 0.717) is 11.7 Å². The normalized spacial score (nSPS) is 16.2. The zero-order valence-electron chi connectivity index (χ0n) is 10.7. The summed E-state index contributed by atoms with van der Waals surface area (Å²) >= 11 is 0. The van der Waals surface area contributed by atoms with Crippen LogP contribution >= 0.6 is 0 Å². The molecule has 92 valence electrons.